The van der Waals surface area contributed by atoms with Crippen molar-refractivity contribution in [3.63, 3.8) is 0 Å². The van der Waals surface area contributed by atoms with Crippen molar-refractivity contribution < 1.29 is 5.11 Å². The van der Waals surface area contributed by atoms with Gasteiger partial charge in [0, 0.05) is 10.0 Å². The topological polar surface area (TPSA) is 56.0 Å². The van der Waals surface area contributed by atoms with E-state index in [-0.39, 0.29) is 11.8 Å². The SMILES string of the molecule is Cc1ccc(O)c(C(C)Nc2cc(Br)ccc2C#N)c1. The third-order valence-electron chi connectivity index (χ3n) is 3.12. The van der Waals surface area contributed by atoms with E-state index >= 15 is 0 Å². The van der Waals surface area contributed by atoms with Crippen LogP contribution in [0.3, 0.4) is 0 Å². The Morgan fingerprint density at radius 1 is 1.25 bits per heavy atom. The summed E-state index contributed by atoms with van der Waals surface area (Å²) in [7, 11) is 0. The van der Waals surface area contributed by atoms with Gasteiger partial charge < -0.3 is 10.4 Å². The van der Waals surface area contributed by atoms with E-state index in [9.17, 15) is 5.11 Å². The summed E-state index contributed by atoms with van der Waals surface area (Å²) in [6.07, 6.45) is 0. The molecule has 2 aromatic carbocycles. The Labute approximate surface area is 127 Å². The Morgan fingerprint density at radius 2 is 2.00 bits per heavy atom. The number of benzene rings is 2. The Bertz CT molecular complexity index is 677. The van der Waals surface area contributed by atoms with Crippen LogP contribution in [0.5, 0.6) is 5.75 Å². The van der Waals surface area contributed by atoms with Crippen LogP contribution in [0.4, 0.5) is 5.69 Å². The van der Waals surface area contributed by atoms with Gasteiger partial charge in [-0.2, -0.15) is 5.26 Å². The predicted octanol–water partition coefficient (Wildman–Crippen LogP) is 4.51. The first-order chi connectivity index (χ1) is 9.51. The maximum atomic E-state index is 9.95. The van der Waals surface area contributed by atoms with Gasteiger partial charge in [0.25, 0.3) is 0 Å². The van der Waals surface area contributed by atoms with Crippen LogP contribution in [-0.2, 0) is 0 Å². The number of phenolic OH excluding ortho intramolecular Hbond substituents is 1. The van der Waals surface area contributed by atoms with Crippen molar-refractivity contribution in [1.82, 2.24) is 0 Å². The molecule has 2 N–H and O–H groups in total. The van der Waals surface area contributed by atoms with Crippen molar-refractivity contribution >= 4 is 21.6 Å². The van der Waals surface area contributed by atoms with Gasteiger partial charge in [-0.15, -0.1) is 0 Å². The van der Waals surface area contributed by atoms with Crippen molar-refractivity contribution in [3.05, 3.63) is 57.6 Å². The molecule has 1 atom stereocenters. The monoisotopic (exact) mass is 330 g/mol. The number of nitrogens with one attached hydrogen (secondary N) is 1. The highest BCUT2D eigenvalue weighted by Crippen LogP contribution is 2.30. The summed E-state index contributed by atoms with van der Waals surface area (Å²) in [5.74, 6) is 0.254. The molecule has 0 heterocycles. The predicted molar refractivity (Wildman–Crippen MR) is 83.7 cm³/mol. The fraction of sp³-hybridized carbons (Fsp3) is 0.188. The summed E-state index contributed by atoms with van der Waals surface area (Å²) in [4.78, 5) is 0. The number of nitrogens with zero attached hydrogens (tertiary/aromatic N) is 1. The van der Waals surface area contributed by atoms with Crippen molar-refractivity contribution in [2.45, 2.75) is 19.9 Å². The molecule has 0 aromatic heterocycles. The molecule has 0 radical (unpaired) electrons. The molecule has 4 heteroatoms. The van der Waals surface area contributed by atoms with Crippen molar-refractivity contribution in [2.24, 2.45) is 0 Å². The first kappa shape index (κ1) is 14.4. The van der Waals surface area contributed by atoms with Gasteiger partial charge in [-0.05, 0) is 38.1 Å². The summed E-state index contributed by atoms with van der Waals surface area (Å²) >= 11 is 3.40. The van der Waals surface area contributed by atoms with Gasteiger partial charge in [0.1, 0.15) is 11.8 Å². The van der Waals surface area contributed by atoms with Crippen LogP contribution in [0.25, 0.3) is 0 Å². The van der Waals surface area contributed by atoms with E-state index in [4.69, 9.17) is 5.26 Å². The summed E-state index contributed by atoms with van der Waals surface area (Å²) in [6, 6.07) is 13.0. The minimum absolute atomic E-state index is 0.101. The molecular formula is C16H15BrN2O. The molecule has 102 valence electrons. The maximum Gasteiger partial charge on any atom is 0.120 e. The van der Waals surface area contributed by atoms with Crippen LogP contribution in [0.15, 0.2) is 40.9 Å². The molecule has 0 aliphatic rings. The Balaban J connectivity index is 2.32. The van der Waals surface area contributed by atoms with Gasteiger partial charge in [-0.3, -0.25) is 0 Å². The van der Waals surface area contributed by atoms with Crippen molar-refractivity contribution in [1.29, 1.82) is 5.26 Å². The van der Waals surface area contributed by atoms with Crippen LogP contribution >= 0.6 is 15.9 Å². The average Bonchev–Trinajstić information content (AvgIpc) is 2.41. The highest BCUT2D eigenvalue weighted by Gasteiger charge is 2.12. The Morgan fingerprint density at radius 3 is 2.70 bits per heavy atom. The zero-order chi connectivity index (χ0) is 14.7. The molecule has 1 unspecified atom stereocenters. The highest BCUT2D eigenvalue weighted by atomic mass is 79.9. The fourth-order valence-electron chi connectivity index (χ4n) is 2.07. The van der Waals surface area contributed by atoms with E-state index in [1.807, 2.05) is 38.1 Å². The average molecular weight is 331 g/mol. The molecule has 20 heavy (non-hydrogen) atoms. The summed E-state index contributed by atoms with van der Waals surface area (Å²) in [5, 5.41) is 22.4. The zero-order valence-corrected chi connectivity index (χ0v) is 12.9. The molecule has 0 bridgehead atoms. The van der Waals surface area contributed by atoms with Crippen molar-refractivity contribution in [2.75, 3.05) is 5.32 Å². The highest BCUT2D eigenvalue weighted by molar-refractivity contribution is 9.10. The molecule has 0 aliphatic heterocycles. The van der Waals surface area contributed by atoms with E-state index in [0.29, 0.717) is 5.56 Å². The summed E-state index contributed by atoms with van der Waals surface area (Å²) in [6.45, 7) is 3.94. The number of phenols is 1. The van der Waals surface area contributed by atoms with Crippen LogP contribution in [0.2, 0.25) is 0 Å². The van der Waals surface area contributed by atoms with E-state index in [1.54, 1.807) is 12.1 Å². The largest absolute Gasteiger partial charge is 0.508 e. The second-order valence-corrected chi connectivity index (χ2v) is 5.65. The van der Waals surface area contributed by atoms with Gasteiger partial charge >= 0.3 is 0 Å². The maximum absolute atomic E-state index is 9.95. The molecule has 0 aliphatic carbocycles. The van der Waals surface area contributed by atoms with Crippen LogP contribution < -0.4 is 5.32 Å². The van der Waals surface area contributed by atoms with Gasteiger partial charge in [0.05, 0.1) is 17.3 Å². The van der Waals surface area contributed by atoms with E-state index in [1.165, 1.54) is 0 Å². The van der Waals surface area contributed by atoms with Gasteiger partial charge in [0.2, 0.25) is 0 Å². The minimum Gasteiger partial charge on any atom is -0.508 e. The lowest BCUT2D eigenvalue weighted by Crippen LogP contribution is -2.08. The van der Waals surface area contributed by atoms with E-state index < -0.39 is 0 Å². The Kier molecular flexibility index (Phi) is 4.31. The number of halogens is 1. The normalized spacial score (nSPS) is 11.7. The van der Waals surface area contributed by atoms with E-state index in [0.717, 1.165) is 21.3 Å². The lowest BCUT2D eigenvalue weighted by atomic mass is 10.0. The fourth-order valence-corrected chi connectivity index (χ4v) is 2.43. The Hall–Kier alpha value is -1.99. The minimum atomic E-state index is -0.101. The molecular weight excluding hydrogens is 316 g/mol. The molecule has 3 nitrogen and oxygen atoms in total. The quantitative estimate of drug-likeness (QED) is 0.870. The van der Waals surface area contributed by atoms with Crippen LogP contribution in [0.1, 0.15) is 29.7 Å². The summed E-state index contributed by atoms with van der Waals surface area (Å²) < 4.78 is 0.902. The number of hydrogen-bond acceptors (Lipinski definition) is 3. The van der Waals surface area contributed by atoms with Crippen molar-refractivity contribution in [3.8, 4) is 11.8 Å². The molecule has 0 saturated carbocycles. The number of rotatable bonds is 3. The molecule has 0 amide bonds. The molecule has 0 spiro atoms. The second-order valence-electron chi connectivity index (χ2n) is 4.73. The zero-order valence-electron chi connectivity index (χ0n) is 11.3. The number of aryl methyl sites for hydroxylation is 1. The third-order valence-corrected chi connectivity index (χ3v) is 3.62. The first-order valence-corrected chi connectivity index (χ1v) is 7.06. The van der Waals surface area contributed by atoms with Gasteiger partial charge in [0.15, 0.2) is 0 Å². The smallest absolute Gasteiger partial charge is 0.120 e. The van der Waals surface area contributed by atoms with Gasteiger partial charge in [-0.1, -0.05) is 33.6 Å². The number of nitriles is 1. The molecule has 2 aromatic rings. The van der Waals surface area contributed by atoms with Crippen LogP contribution in [-0.4, -0.2) is 5.11 Å². The number of aromatic hydroxyl groups is 1. The third kappa shape index (κ3) is 3.12. The molecule has 2 rings (SSSR count). The van der Waals surface area contributed by atoms with E-state index in [2.05, 4.69) is 27.3 Å². The molecule has 0 saturated heterocycles. The first-order valence-electron chi connectivity index (χ1n) is 6.27. The van der Waals surface area contributed by atoms with Gasteiger partial charge in [-0.25, -0.2) is 0 Å². The van der Waals surface area contributed by atoms with Crippen LogP contribution in [0, 0.1) is 18.3 Å². The lowest BCUT2D eigenvalue weighted by Gasteiger charge is -2.18. The number of hydrogen-bond donors (Lipinski definition) is 2. The summed E-state index contributed by atoms with van der Waals surface area (Å²) in [5.41, 5.74) is 3.22. The molecule has 0 fully saturated rings. The number of anilines is 1. The standard InChI is InChI=1S/C16H15BrN2O/c1-10-3-6-16(20)14(7-10)11(2)19-15-8-13(17)5-4-12(15)9-18/h3-8,11,19-20H,1-2H3. The second kappa shape index (κ2) is 5.98. The lowest BCUT2D eigenvalue weighted by molar-refractivity contribution is 0.465.